The third-order valence-electron chi connectivity index (χ3n) is 2.27. The third-order valence-corrected chi connectivity index (χ3v) is 3.87. The van der Waals surface area contributed by atoms with Crippen molar-refractivity contribution in [2.75, 3.05) is 0 Å². The summed E-state index contributed by atoms with van der Waals surface area (Å²) in [4.78, 5) is 8.40. The van der Waals surface area contributed by atoms with E-state index in [-0.39, 0.29) is 0 Å². The van der Waals surface area contributed by atoms with Crippen LogP contribution in [0.5, 0.6) is 0 Å². The molecule has 0 aliphatic heterocycles. The van der Waals surface area contributed by atoms with Crippen LogP contribution in [0.4, 0.5) is 0 Å². The van der Waals surface area contributed by atoms with Gasteiger partial charge in [-0.2, -0.15) is 0 Å². The van der Waals surface area contributed by atoms with Crippen molar-refractivity contribution in [1.82, 2.24) is 9.97 Å². The first-order valence-corrected chi connectivity index (χ1v) is 6.65. The van der Waals surface area contributed by atoms with Crippen molar-refractivity contribution in [3.8, 4) is 10.6 Å². The summed E-state index contributed by atoms with van der Waals surface area (Å²) < 4.78 is 1.47. The minimum Gasteiger partial charge on any atom is -0.345 e. The molecule has 0 aliphatic carbocycles. The number of hydrogen-bond acceptors (Lipinski definition) is 3. The van der Waals surface area contributed by atoms with Crippen LogP contribution in [0, 0.1) is 4.64 Å². The van der Waals surface area contributed by atoms with E-state index in [9.17, 15) is 0 Å². The molecule has 2 rings (SSSR count). The molecule has 0 saturated carbocycles. The molecule has 16 heavy (non-hydrogen) atoms. The molecule has 0 fully saturated rings. The van der Waals surface area contributed by atoms with Crippen molar-refractivity contribution in [2.24, 2.45) is 0 Å². The van der Waals surface area contributed by atoms with Crippen molar-refractivity contribution in [3.05, 3.63) is 33.0 Å². The van der Waals surface area contributed by atoms with Gasteiger partial charge >= 0.3 is 0 Å². The number of nitrogens with zero attached hydrogens (tertiary/aromatic N) is 1. The molecule has 0 aliphatic rings. The molecule has 0 aromatic carbocycles. The van der Waals surface area contributed by atoms with E-state index in [2.05, 4.69) is 16.9 Å². The largest absolute Gasteiger partial charge is 0.345 e. The first kappa shape index (κ1) is 11.8. The van der Waals surface area contributed by atoms with Crippen LogP contribution in [0.15, 0.2) is 18.5 Å². The molecule has 0 bridgehead atoms. The van der Waals surface area contributed by atoms with Gasteiger partial charge in [0.05, 0.1) is 21.2 Å². The number of aromatic amines is 1. The van der Waals surface area contributed by atoms with Gasteiger partial charge in [0.1, 0.15) is 4.64 Å². The van der Waals surface area contributed by atoms with Gasteiger partial charge in [-0.3, -0.25) is 0 Å². The molecular weight excluding hydrogens is 260 g/mol. The zero-order valence-corrected chi connectivity index (χ0v) is 11.2. The standard InChI is InChI=1S/C11H11ClN2S2/c1-2-3-7-10(13-6-14-11(7)15)8-4-5-9(12)16-8/h4-6H,2-3H2,1H3,(H,13,14,15). The van der Waals surface area contributed by atoms with Gasteiger partial charge in [-0.15, -0.1) is 11.3 Å². The van der Waals surface area contributed by atoms with Gasteiger partial charge < -0.3 is 4.98 Å². The summed E-state index contributed by atoms with van der Waals surface area (Å²) >= 11 is 12.7. The van der Waals surface area contributed by atoms with E-state index < -0.39 is 0 Å². The molecule has 84 valence electrons. The number of nitrogens with one attached hydrogen (secondary N) is 1. The summed E-state index contributed by atoms with van der Waals surface area (Å²) in [5, 5.41) is 0. The smallest absolute Gasteiger partial charge is 0.133 e. The minimum atomic E-state index is 0.681. The van der Waals surface area contributed by atoms with Crippen LogP contribution in [-0.2, 0) is 6.42 Å². The summed E-state index contributed by atoms with van der Waals surface area (Å²) in [6, 6.07) is 3.90. The van der Waals surface area contributed by atoms with Gasteiger partial charge in [0, 0.05) is 5.56 Å². The summed E-state index contributed by atoms with van der Waals surface area (Å²) in [6.07, 6.45) is 3.63. The molecule has 0 radical (unpaired) electrons. The van der Waals surface area contributed by atoms with E-state index in [1.54, 1.807) is 17.7 Å². The summed E-state index contributed by atoms with van der Waals surface area (Å²) in [5.74, 6) is 0. The number of hydrogen-bond donors (Lipinski definition) is 1. The molecule has 2 nitrogen and oxygen atoms in total. The van der Waals surface area contributed by atoms with Gasteiger partial charge in [-0.1, -0.05) is 37.2 Å². The first-order valence-electron chi connectivity index (χ1n) is 5.04. The Morgan fingerprint density at radius 3 is 2.94 bits per heavy atom. The average Bonchev–Trinajstić information content (AvgIpc) is 2.68. The topological polar surface area (TPSA) is 28.7 Å². The van der Waals surface area contributed by atoms with Crippen molar-refractivity contribution in [2.45, 2.75) is 19.8 Å². The Hall–Kier alpha value is -0.710. The van der Waals surface area contributed by atoms with Gasteiger partial charge in [-0.05, 0) is 18.6 Å². The Morgan fingerprint density at radius 1 is 1.50 bits per heavy atom. The molecule has 0 saturated heterocycles. The average molecular weight is 271 g/mol. The number of aromatic nitrogens is 2. The zero-order valence-electron chi connectivity index (χ0n) is 8.79. The summed E-state index contributed by atoms with van der Waals surface area (Å²) in [7, 11) is 0. The lowest BCUT2D eigenvalue weighted by Crippen LogP contribution is -1.95. The van der Waals surface area contributed by atoms with Crippen molar-refractivity contribution >= 4 is 35.2 Å². The quantitative estimate of drug-likeness (QED) is 0.834. The van der Waals surface area contributed by atoms with Crippen LogP contribution in [0.2, 0.25) is 4.34 Å². The second-order valence-corrected chi connectivity index (χ2v) is 5.52. The lowest BCUT2D eigenvalue weighted by atomic mass is 10.1. The number of H-pyrrole nitrogens is 1. The maximum atomic E-state index is 5.94. The van der Waals surface area contributed by atoms with Crippen LogP contribution in [0.25, 0.3) is 10.6 Å². The fraction of sp³-hybridized carbons (Fsp3) is 0.273. The Kier molecular flexibility index (Phi) is 3.74. The molecule has 0 spiro atoms. The predicted molar refractivity (Wildman–Crippen MR) is 71.7 cm³/mol. The number of rotatable bonds is 3. The lowest BCUT2D eigenvalue weighted by Gasteiger charge is -2.05. The van der Waals surface area contributed by atoms with E-state index in [0.717, 1.165) is 33.3 Å². The Balaban J connectivity index is 2.55. The first-order chi connectivity index (χ1) is 7.72. The number of thiophene rings is 1. The van der Waals surface area contributed by atoms with Gasteiger partial charge in [0.25, 0.3) is 0 Å². The second-order valence-electron chi connectivity index (χ2n) is 3.42. The lowest BCUT2D eigenvalue weighted by molar-refractivity contribution is 0.899. The molecule has 2 heterocycles. The Morgan fingerprint density at radius 2 is 2.31 bits per heavy atom. The van der Waals surface area contributed by atoms with Crippen LogP contribution in [0.3, 0.4) is 0 Å². The molecule has 0 amide bonds. The van der Waals surface area contributed by atoms with Crippen LogP contribution in [-0.4, -0.2) is 9.97 Å². The summed E-state index contributed by atoms with van der Waals surface area (Å²) in [6.45, 7) is 2.13. The van der Waals surface area contributed by atoms with Crippen molar-refractivity contribution < 1.29 is 0 Å². The van der Waals surface area contributed by atoms with Gasteiger partial charge in [0.15, 0.2) is 0 Å². The second kappa shape index (κ2) is 5.08. The minimum absolute atomic E-state index is 0.681. The normalized spacial score (nSPS) is 10.6. The van der Waals surface area contributed by atoms with Crippen LogP contribution in [0.1, 0.15) is 18.9 Å². The molecule has 2 aromatic heterocycles. The molecule has 5 heteroatoms. The maximum Gasteiger partial charge on any atom is 0.133 e. The van der Waals surface area contributed by atoms with E-state index in [1.165, 1.54) is 0 Å². The molecule has 2 aromatic rings. The highest BCUT2D eigenvalue weighted by molar-refractivity contribution is 7.71. The highest BCUT2D eigenvalue weighted by Gasteiger charge is 2.09. The van der Waals surface area contributed by atoms with Crippen LogP contribution >= 0.6 is 35.2 Å². The SMILES string of the molecule is CCCc1c(-c2ccc(Cl)s2)[nH]cnc1=S. The molecular formula is C11H11ClN2S2. The Labute approximate surface area is 108 Å². The Bertz CT molecular complexity index is 545. The zero-order chi connectivity index (χ0) is 11.5. The van der Waals surface area contributed by atoms with Gasteiger partial charge in [0.2, 0.25) is 0 Å². The van der Waals surface area contributed by atoms with E-state index in [1.807, 2.05) is 12.1 Å². The monoisotopic (exact) mass is 270 g/mol. The highest BCUT2D eigenvalue weighted by atomic mass is 35.5. The predicted octanol–water partition coefficient (Wildman–Crippen LogP) is 4.47. The fourth-order valence-corrected chi connectivity index (χ4v) is 2.91. The fourth-order valence-electron chi connectivity index (χ4n) is 1.58. The van der Waals surface area contributed by atoms with E-state index in [0.29, 0.717) is 4.64 Å². The third kappa shape index (κ3) is 2.34. The van der Waals surface area contributed by atoms with Gasteiger partial charge in [-0.25, -0.2) is 4.98 Å². The van der Waals surface area contributed by atoms with Crippen molar-refractivity contribution in [1.29, 1.82) is 0 Å². The highest BCUT2D eigenvalue weighted by Crippen LogP contribution is 2.32. The molecule has 0 unspecified atom stereocenters. The van der Waals surface area contributed by atoms with E-state index in [4.69, 9.17) is 23.8 Å². The molecule has 1 N–H and O–H groups in total. The number of halogens is 1. The van der Waals surface area contributed by atoms with E-state index >= 15 is 0 Å². The molecule has 0 atom stereocenters. The van der Waals surface area contributed by atoms with Crippen LogP contribution < -0.4 is 0 Å². The van der Waals surface area contributed by atoms with Crippen molar-refractivity contribution in [3.63, 3.8) is 0 Å². The summed E-state index contributed by atoms with van der Waals surface area (Å²) in [5.41, 5.74) is 2.16. The maximum absolute atomic E-state index is 5.94.